The summed E-state index contributed by atoms with van der Waals surface area (Å²) in [7, 11) is 0. The highest BCUT2D eigenvalue weighted by Crippen LogP contribution is 2.25. The van der Waals surface area contributed by atoms with E-state index in [9.17, 15) is 4.79 Å². The molecule has 1 aliphatic rings. The van der Waals surface area contributed by atoms with Crippen molar-refractivity contribution in [3.8, 4) is 11.9 Å². The SMILES string of the molecule is N#Cc1nccnc1OC1CCC(NC(=O)c2c[nH]c3ccccc23)CC1. The average Bonchev–Trinajstić information content (AvgIpc) is 3.14. The van der Waals surface area contributed by atoms with Crippen molar-refractivity contribution < 1.29 is 9.53 Å². The molecular weight excluding hydrogens is 342 g/mol. The van der Waals surface area contributed by atoms with Gasteiger partial charge < -0.3 is 15.0 Å². The predicted molar refractivity (Wildman–Crippen MR) is 99.2 cm³/mol. The number of nitrogens with zero attached hydrogens (tertiary/aromatic N) is 3. The van der Waals surface area contributed by atoms with Crippen LogP contribution in [0, 0.1) is 11.3 Å². The van der Waals surface area contributed by atoms with Crippen molar-refractivity contribution in [2.45, 2.75) is 37.8 Å². The highest BCUT2D eigenvalue weighted by molar-refractivity contribution is 6.06. The number of para-hydroxylation sites is 1. The molecule has 2 N–H and O–H groups in total. The molecule has 2 heterocycles. The Morgan fingerprint density at radius 2 is 1.96 bits per heavy atom. The fourth-order valence-corrected chi connectivity index (χ4v) is 3.49. The van der Waals surface area contributed by atoms with Gasteiger partial charge >= 0.3 is 0 Å². The number of fused-ring (bicyclic) bond motifs is 1. The maximum Gasteiger partial charge on any atom is 0.253 e. The lowest BCUT2D eigenvalue weighted by Crippen LogP contribution is -2.39. The normalized spacial score (nSPS) is 19.4. The largest absolute Gasteiger partial charge is 0.472 e. The second kappa shape index (κ2) is 7.46. The van der Waals surface area contributed by atoms with Crippen molar-refractivity contribution in [2.24, 2.45) is 0 Å². The van der Waals surface area contributed by atoms with Crippen LogP contribution >= 0.6 is 0 Å². The van der Waals surface area contributed by atoms with E-state index in [0.717, 1.165) is 36.6 Å². The van der Waals surface area contributed by atoms with Gasteiger partial charge in [0.2, 0.25) is 5.69 Å². The topological polar surface area (TPSA) is 104 Å². The molecule has 1 fully saturated rings. The van der Waals surface area contributed by atoms with Gasteiger partial charge in [0.25, 0.3) is 11.8 Å². The van der Waals surface area contributed by atoms with E-state index >= 15 is 0 Å². The number of hydrogen-bond acceptors (Lipinski definition) is 5. The zero-order valence-electron chi connectivity index (χ0n) is 14.7. The fourth-order valence-electron chi connectivity index (χ4n) is 3.49. The van der Waals surface area contributed by atoms with Crippen LogP contribution in [0.5, 0.6) is 5.88 Å². The Morgan fingerprint density at radius 1 is 1.19 bits per heavy atom. The summed E-state index contributed by atoms with van der Waals surface area (Å²) >= 11 is 0. The minimum atomic E-state index is -0.0579. The summed E-state index contributed by atoms with van der Waals surface area (Å²) in [5, 5.41) is 13.1. The number of carbonyl (C=O) groups excluding carboxylic acids is 1. The maximum atomic E-state index is 12.6. The first kappa shape index (κ1) is 17.0. The molecule has 0 atom stereocenters. The van der Waals surface area contributed by atoms with Crippen LogP contribution in [0.15, 0.2) is 42.9 Å². The number of aromatic nitrogens is 3. The number of carbonyl (C=O) groups is 1. The van der Waals surface area contributed by atoms with Crippen LogP contribution in [0.2, 0.25) is 0 Å². The molecule has 2 aromatic heterocycles. The molecule has 1 saturated carbocycles. The number of aromatic amines is 1. The van der Waals surface area contributed by atoms with E-state index in [4.69, 9.17) is 10.00 Å². The Morgan fingerprint density at radius 3 is 2.78 bits per heavy atom. The fraction of sp³-hybridized carbons (Fsp3) is 0.300. The smallest absolute Gasteiger partial charge is 0.253 e. The van der Waals surface area contributed by atoms with Gasteiger partial charge in [0.1, 0.15) is 12.2 Å². The Balaban J connectivity index is 1.34. The van der Waals surface area contributed by atoms with E-state index in [1.54, 1.807) is 6.20 Å². The molecule has 7 heteroatoms. The van der Waals surface area contributed by atoms with Gasteiger partial charge in [0, 0.05) is 35.5 Å². The number of H-pyrrole nitrogens is 1. The molecular formula is C20H19N5O2. The van der Waals surface area contributed by atoms with E-state index in [0.29, 0.717) is 5.56 Å². The van der Waals surface area contributed by atoms with Crippen molar-refractivity contribution in [1.29, 1.82) is 5.26 Å². The van der Waals surface area contributed by atoms with Gasteiger partial charge in [-0.2, -0.15) is 5.26 Å². The molecule has 0 aliphatic heterocycles. The van der Waals surface area contributed by atoms with E-state index in [-0.39, 0.29) is 29.6 Å². The van der Waals surface area contributed by atoms with E-state index < -0.39 is 0 Å². The van der Waals surface area contributed by atoms with Crippen LogP contribution in [0.25, 0.3) is 10.9 Å². The molecule has 3 aromatic rings. The first-order valence-electron chi connectivity index (χ1n) is 8.99. The molecule has 4 rings (SSSR count). The van der Waals surface area contributed by atoms with E-state index in [2.05, 4.69) is 20.3 Å². The van der Waals surface area contributed by atoms with Gasteiger partial charge in [-0.1, -0.05) is 18.2 Å². The minimum absolute atomic E-state index is 0.0185. The highest BCUT2D eigenvalue weighted by atomic mass is 16.5. The van der Waals surface area contributed by atoms with Crippen LogP contribution in [-0.4, -0.2) is 33.0 Å². The average molecular weight is 361 g/mol. The van der Waals surface area contributed by atoms with Crippen LogP contribution in [0.3, 0.4) is 0 Å². The number of nitrogens with one attached hydrogen (secondary N) is 2. The Kier molecular flexibility index (Phi) is 4.71. The van der Waals surface area contributed by atoms with Gasteiger partial charge in [-0.25, -0.2) is 9.97 Å². The molecule has 0 radical (unpaired) electrons. The second-order valence-electron chi connectivity index (χ2n) is 6.63. The monoisotopic (exact) mass is 361 g/mol. The lowest BCUT2D eigenvalue weighted by Gasteiger charge is -2.29. The zero-order chi connectivity index (χ0) is 18.6. The highest BCUT2D eigenvalue weighted by Gasteiger charge is 2.25. The van der Waals surface area contributed by atoms with E-state index in [1.807, 2.05) is 30.3 Å². The van der Waals surface area contributed by atoms with Crippen molar-refractivity contribution >= 4 is 16.8 Å². The molecule has 0 unspecified atom stereocenters. The number of nitriles is 1. The third kappa shape index (κ3) is 3.60. The molecule has 1 aliphatic carbocycles. The Hall–Kier alpha value is -3.40. The summed E-state index contributed by atoms with van der Waals surface area (Å²) in [6, 6.07) is 9.87. The number of rotatable bonds is 4. The number of hydrogen-bond donors (Lipinski definition) is 2. The molecule has 27 heavy (non-hydrogen) atoms. The summed E-state index contributed by atoms with van der Waals surface area (Å²) in [6.07, 6.45) is 7.95. The predicted octanol–water partition coefficient (Wildman–Crippen LogP) is 2.95. The quantitative estimate of drug-likeness (QED) is 0.743. The summed E-state index contributed by atoms with van der Waals surface area (Å²) in [4.78, 5) is 23.8. The Labute approximate surface area is 156 Å². The summed E-state index contributed by atoms with van der Waals surface area (Å²) < 4.78 is 5.85. The molecule has 0 bridgehead atoms. The lowest BCUT2D eigenvalue weighted by molar-refractivity contribution is 0.0891. The number of ether oxygens (including phenoxy) is 1. The van der Waals surface area contributed by atoms with Crippen LogP contribution in [0.1, 0.15) is 41.7 Å². The first-order chi connectivity index (χ1) is 13.2. The van der Waals surface area contributed by atoms with Gasteiger partial charge in [-0.3, -0.25) is 4.79 Å². The van der Waals surface area contributed by atoms with Crippen molar-refractivity contribution in [3.63, 3.8) is 0 Å². The summed E-state index contributed by atoms with van der Waals surface area (Å²) in [5.41, 5.74) is 1.83. The number of amides is 1. The first-order valence-corrected chi connectivity index (χ1v) is 8.99. The summed E-state index contributed by atoms with van der Waals surface area (Å²) in [6.45, 7) is 0. The third-order valence-electron chi connectivity index (χ3n) is 4.89. The van der Waals surface area contributed by atoms with Crippen LogP contribution < -0.4 is 10.1 Å². The van der Waals surface area contributed by atoms with Gasteiger partial charge in [0.15, 0.2) is 0 Å². The van der Waals surface area contributed by atoms with Crippen LogP contribution in [-0.2, 0) is 0 Å². The standard InChI is InChI=1S/C20H19N5O2/c21-11-18-20(23-10-9-22-18)27-14-7-5-13(6-8-14)25-19(26)16-12-24-17-4-2-1-3-15(16)17/h1-4,9-10,12-14,24H,5-8H2,(H,25,26). The molecule has 1 aromatic carbocycles. The van der Waals surface area contributed by atoms with Crippen molar-refractivity contribution in [3.05, 3.63) is 54.1 Å². The molecule has 0 saturated heterocycles. The lowest BCUT2D eigenvalue weighted by atomic mass is 9.92. The van der Waals surface area contributed by atoms with Crippen LogP contribution in [0.4, 0.5) is 0 Å². The zero-order valence-corrected chi connectivity index (χ0v) is 14.7. The van der Waals surface area contributed by atoms with Gasteiger partial charge in [-0.15, -0.1) is 0 Å². The molecule has 0 spiro atoms. The number of benzene rings is 1. The third-order valence-corrected chi connectivity index (χ3v) is 4.89. The van der Waals surface area contributed by atoms with Crippen molar-refractivity contribution in [2.75, 3.05) is 0 Å². The van der Waals surface area contributed by atoms with E-state index in [1.165, 1.54) is 12.4 Å². The molecule has 1 amide bonds. The molecule has 136 valence electrons. The second-order valence-corrected chi connectivity index (χ2v) is 6.63. The van der Waals surface area contributed by atoms with Gasteiger partial charge in [0.05, 0.1) is 5.56 Å². The minimum Gasteiger partial charge on any atom is -0.472 e. The molecule has 7 nitrogen and oxygen atoms in total. The van der Waals surface area contributed by atoms with Gasteiger partial charge in [-0.05, 0) is 31.7 Å². The maximum absolute atomic E-state index is 12.6. The van der Waals surface area contributed by atoms with Crippen molar-refractivity contribution in [1.82, 2.24) is 20.3 Å². The summed E-state index contributed by atoms with van der Waals surface area (Å²) in [5.74, 6) is 0.226. The Bertz CT molecular complexity index is 999.